The van der Waals surface area contributed by atoms with Crippen LogP contribution in [0.2, 0.25) is 0 Å². The van der Waals surface area contributed by atoms with E-state index in [9.17, 15) is 17.6 Å². The summed E-state index contributed by atoms with van der Waals surface area (Å²) in [5, 5.41) is 0. The standard InChI is InChI=1S/C30H38F4O/c1-4-21-7-11-25(12-8-21)26-17-18-27(29(32)28(26)31)30(33,34)35-20(3)22-13-15-24(16-14-22)23-9-5-19(2)6-10-23/h13-21,23,25H,4-12H2,1-3H3. The first-order valence-corrected chi connectivity index (χ1v) is 13.3. The number of hydrogen-bond donors (Lipinski definition) is 0. The van der Waals surface area contributed by atoms with Crippen molar-refractivity contribution in [2.75, 3.05) is 0 Å². The minimum absolute atomic E-state index is 0.124. The summed E-state index contributed by atoms with van der Waals surface area (Å²) in [7, 11) is 0. The molecule has 0 N–H and O–H groups in total. The molecule has 0 aromatic heterocycles. The topological polar surface area (TPSA) is 9.23 Å². The number of halogens is 4. The van der Waals surface area contributed by atoms with Crippen LogP contribution in [0.4, 0.5) is 17.6 Å². The van der Waals surface area contributed by atoms with Gasteiger partial charge in [0.1, 0.15) is 0 Å². The second-order valence-corrected chi connectivity index (χ2v) is 10.9. The Morgan fingerprint density at radius 3 is 2.03 bits per heavy atom. The third-order valence-corrected chi connectivity index (χ3v) is 8.51. The van der Waals surface area contributed by atoms with Gasteiger partial charge < -0.3 is 4.74 Å². The second-order valence-electron chi connectivity index (χ2n) is 10.9. The van der Waals surface area contributed by atoms with E-state index in [1.54, 1.807) is 12.1 Å². The van der Waals surface area contributed by atoms with Crippen LogP contribution in [0, 0.1) is 23.5 Å². The van der Waals surface area contributed by atoms with Gasteiger partial charge in [-0.05, 0) is 91.9 Å². The van der Waals surface area contributed by atoms with Crippen LogP contribution in [0.1, 0.15) is 119 Å². The third-order valence-electron chi connectivity index (χ3n) is 8.51. The van der Waals surface area contributed by atoms with Crippen LogP contribution in [0.3, 0.4) is 0 Å². The molecule has 4 rings (SSSR count). The van der Waals surface area contributed by atoms with E-state index in [0.717, 1.165) is 56.9 Å². The second kappa shape index (κ2) is 11.0. The lowest BCUT2D eigenvalue weighted by Gasteiger charge is -2.29. The maximum Gasteiger partial charge on any atom is 0.386 e. The van der Waals surface area contributed by atoms with Crippen molar-refractivity contribution >= 4 is 0 Å². The Labute approximate surface area is 207 Å². The fourth-order valence-electron chi connectivity index (χ4n) is 5.97. The summed E-state index contributed by atoms with van der Waals surface area (Å²) >= 11 is 0. The Bertz CT molecular complexity index is 971. The van der Waals surface area contributed by atoms with E-state index in [0.29, 0.717) is 17.4 Å². The predicted molar refractivity (Wildman–Crippen MR) is 132 cm³/mol. The lowest BCUT2D eigenvalue weighted by Crippen LogP contribution is -2.23. The summed E-state index contributed by atoms with van der Waals surface area (Å²) in [6.07, 6.45) is 4.29. The summed E-state index contributed by atoms with van der Waals surface area (Å²) < 4.78 is 64.7. The van der Waals surface area contributed by atoms with E-state index in [-0.39, 0.29) is 11.5 Å². The molecule has 1 atom stereocenters. The molecule has 1 unspecified atom stereocenters. The zero-order valence-electron chi connectivity index (χ0n) is 21.1. The number of alkyl halides is 2. The summed E-state index contributed by atoms with van der Waals surface area (Å²) in [6.45, 7) is 5.92. The van der Waals surface area contributed by atoms with Crippen molar-refractivity contribution in [3.8, 4) is 0 Å². The molecule has 0 heterocycles. The van der Waals surface area contributed by atoms with Gasteiger partial charge in [0, 0.05) is 0 Å². The Morgan fingerprint density at radius 2 is 1.43 bits per heavy atom. The fraction of sp³-hybridized carbons (Fsp3) is 0.600. The van der Waals surface area contributed by atoms with E-state index in [4.69, 9.17) is 4.74 Å². The first-order valence-electron chi connectivity index (χ1n) is 13.3. The molecule has 192 valence electrons. The third kappa shape index (κ3) is 5.93. The van der Waals surface area contributed by atoms with Crippen molar-refractivity contribution in [2.45, 2.75) is 103 Å². The van der Waals surface area contributed by atoms with Gasteiger partial charge >= 0.3 is 6.11 Å². The zero-order valence-corrected chi connectivity index (χ0v) is 21.1. The first-order chi connectivity index (χ1) is 16.7. The van der Waals surface area contributed by atoms with Crippen molar-refractivity contribution in [3.05, 3.63) is 70.3 Å². The highest BCUT2D eigenvalue weighted by molar-refractivity contribution is 5.32. The van der Waals surface area contributed by atoms with Gasteiger partial charge in [0.25, 0.3) is 0 Å². The molecule has 0 amide bonds. The Hall–Kier alpha value is -1.88. The first kappa shape index (κ1) is 26.2. The van der Waals surface area contributed by atoms with Gasteiger partial charge in [0.05, 0.1) is 11.7 Å². The van der Waals surface area contributed by atoms with E-state index >= 15 is 0 Å². The van der Waals surface area contributed by atoms with Crippen molar-refractivity contribution < 1.29 is 22.3 Å². The SMILES string of the molecule is CCC1CCC(c2ccc(C(F)(F)OC(C)c3ccc(C4CCC(C)CC4)cc3)c(F)c2F)CC1. The van der Waals surface area contributed by atoms with Gasteiger partial charge in [-0.3, -0.25) is 0 Å². The Kier molecular flexibility index (Phi) is 8.25. The predicted octanol–water partition coefficient (Wildman–Crippen LogP) is 9.77. The molecule has 0 saturated heterocycles. The van der Waals surface area contributed by atoms with Gasteiger partial charge in [-0.25, -0.2) is 8.78 Å². The molecule has 2 saturated carbocycles. The molecule has 0 bridgehead atoms. The van der Waals surface area contributed by atoms with Crippen LogP contribution >= 0.6 is 0 Å². The normalized spacial score (nSPS) is 26.5. The fourth-order valence-corrected chi connectivity index (χ4v) is 5.97. The van der Waals surface area contributed by atoms with Gasteiger partial charge in [-0.1, -0.05) is 63.4 Å². The average Bonchev–Trinajstić information content (AvgIpc) is 2.86. The van der Waals surface area contributed by atoms with Crippen LogP contribution < -0.4 is 0 Å². The molecule has 2 aromatic rings. The molecule has 2 aliphatic carbocycles. The van der Waals surface area contributed by atoms with E-state index < -0.39 is 29.4 Å². The van der Waals surface area contributed by atoms with Gasteiger partial charge in [0.15, 0.2) is 11.6 Å². The van der Waals surface area contributed by atoms with Gasteiger partial charge in [-0.2, -0.15) is 8.78 Å². The lowest BCUT2D eigenvalue weighted by atomic mass is 9.77. The van der Waals surface area contributed by atoms with Crippen LogP contribution in [0.25, 0.3) is 0 Å². The number of rotatable bonds is 7. The van der Waals surface area contributed by atoms with Crippen LogP contribution in [-0.4, -0.2) is 0 Å². The monoisotopic (exact) mass is 490 g/mol. The van der Waals surface area contributed by atoms with Crippen molar-refractivity contribution in [2.24, 2.45) is 11.8 Å². The summed E-state index contributed by atoms with van der Waals surface area (Å²) in [5.41, 5.74) is 0.970. The minimum atomic E-state index is -3.94. The summed E-state index contributed by atoms with van der Waals surface area (Å²) in [5.74, 6) is -0.912. The molecule has 35 heavy (non-hydrogen) atoms. The largest absolute Gasteiger partial charge is 0.386 e. The molecule has 1 nitrogen and oxygen atoms in total. The van der Waals surface area contributed by atoms with Crippen LogP contribution in [0.5, 0.6) is 0 Å². The Morgan fingerprint density at radius 1 is 0.829 bits per heavy atom. The van der Waals surface area contributed by atoms with Crippen LogP contribution in [-0.2, 0) is 10.8 Å². The lowest BCUT2D eigenvalue weighted by molar-refractivity contribution is -0.273. The molecule has 2 aliphatic rings. The quantitative estimate of drug-likeness (QED) is 0.351. The molecular formula is C30H38F4O. The van der Waals surface area contributed by atoms with E-state index in [1.807, 2.05) is 12.1 Å². The number of benzene rings is 2. The maximum absolute atomic E-state index is 15.0. The van der Waals surface area contributed by atoms with Crippen molar-refractivity contribution in [3.63, 3.8) is 0 Å². The highest BCUT2D eigenvalue weighted by Gasteiger charge is 2.40. The van der Waals surface area contributed by atoms with Gasteiger partial charge in [-0.15, -0.1) is 0 Å². The highest BCUT2D eigenvalue weighted by Crippen LogP contribution is 2.42. The zero-order chi connectivity index (χ0) is 25.2. The summed E-state index contributed by atoms with van der Waals surface area (Å²) in [6, 6.07) is 9.90. The minimum Gasteiger partial charge on any atom is -0.309 e. The van der Waals surface area contributed by atoms with Gasteiger partial charge in [0.2, 0.25) is 0 Å². The van der Waals surface area contributed by atoms with E-state index in [2.05, 4.69) is 13.8 Å². The smallest absolute Gasteiger partial charge is 0.309 e. The molecule has 5 heteroatoms. The van der Waals surface area contributed by atoms with Crippen molar-refractivity contribution in [1.29, 1.82) is 0 Å². The molecule has 0 radical (unpaired) electrons. The average molecular weight is 491 g/mol. The molecular weight excluding hydrogens is 452 g/mol. The molecule has 0 spiro atoms. The Balaban J connectivity index is 1.44. The highest BCUT2D eigenvalue weighted by atomic mass is 19.3. The summed E-state index contributed by atoms with van der Waals surface area (Å²) in [4.78, 5) is 0. The number of ether oxygens (including phenoxy) is 1. The molecule has 0 aliphatic heterocycles. The molecule has 2 fully saturated rings. The maximum atomic E-state index is 15.0. The van der Waals surface area contributed by atoms with Crippen molar-refractivity contribution in [1.82, 2.24) is 0 Å². The number of hydrogen-bond acceptors (Lipinski definition) is 1. The van der Waals surface area contributed by atoms with Crippen LogP contribution in [0.15, 0.2) is 36.4 Å². The molecule has 2 aromatic carbocycles. The van der Waals surface area contributed by atoms with E-state index in [1.165, 1.54) is 31.4 Å².